The van der Waals surface area contributed by atoms with Gasteiger partial charge in [0.15, 0.2) is 0 Å². The highest BCUT2D eigenvalue weighted by molar-refractivity contribution is 5.96. The van der Waals surface area contributed by atoms with Gasteiger partial charge in [-0.05, 0) is 24.1 Å². The molecule has 1 N–H and O–H groups in total. The second-order valence-electron chi connectivity index (χ2n) is 4.75. The highest BCUT2D eigenvalue weighted by Crippen LogP contribution is 2.29. The summed E-state index contributed by atoms with van der Waals surface area (Å²) < 4.78 is 4.96. The van der Waals surface area contributed by atoms with Crippen LogP contribution in [0.15, 0.2) is 18.2 Å². The molecule has 1 aliphatic rings. The van der Waals surface area contributed by atoms with Crippen LogP contribution in [0.25, 0.3) is 0 Å². The molecule has 1 aliphatic heterocycles. The molecule has 0 aliphatic carbocycles. The Morgan fingerprint density at radius 2 is 2.20 bits per heavy atom. The zero-order chi connectivity index (χ0) is 14.7. The number of carboxylic acids is 1. The van der Waals surface area contributed by atoms with Crippen molar-refractivity contribution < 1.29 is 19.4 Å². The van der Waals surface area contributed by atoms with Crippen molar-refractivity contribution in [2.75, 3.05) is 38.8 Å². The van der Waals surface area contributed by atoms with Gasteiger partial charge in [-0.1, -0.05) is 6.07 Å². The van der Waals surface area contributed by atoms with Gasteiger partial charge in [-0.25, -0.2) is 9.59 Å². The van der Waals surface area contributed by atoms with Crippen LogP contribution in [0.5, 0.6) is 0 Å². The summed E-state index contributed by atoms with van der Waals surface area (Å²) in [6.07, 6.45) is 0.749. The number of likely N-dealkylation sites (N-methyl/N-ethyl adjacent to an activating group) is 1. The van der Waals surface area contributed by atoms with E-state index in [0.29, 0.717) is 25.4 Å². The zero-order valence-electron chi connectivity index (χ0n) is 11.6. The van der Waals surface area contributed by atoms with Crippen LogP contribution in [0.1, 0.15) is 15.9 Å². The van der Waals surface area contributed by atoms with Crippen LogP contribution >= 0.6 is 0 Å². The number of fused-ring (bicyclic) bond motifs is 1. The lowest BCUT2D eigenvalue weighted by Crippen LogP contribution is -2.41. The van der Waals surface area contributed by atoms with Gasteiger partial charge in [-0.2, -0.15) is 0 Å². The Kier molecular flexibility index (Phi) is 4.24. The van der Waals surface area contributed by atoms with Crippen molar-refractivity contribution in [3.05, 3.63) is 29.3 Å². The molecule has 0 aromatic heterocycles. The molecule has 0 unspecified atom stereocenters. The van der Waals surface area contributed by atoms with Gasteiger partial charge in [0.05, 0.1) is 12.2 Å². The van der Waals surface area contributed by atoms with Crippen molar-refractivity contribution in [3.8, 4) is 0 Å². The fourth-order valence-corrected chi connectivity index (χ4v) is 2.24. The summed E-state index contributed by atoms with van der Waals surface area (Å²) in [5.41, 5.74) is 1.89. The molecule has 0 spiro atoms. The first-order chi connectivity index (χ1) is 9.54. The van der Waals surface area contributed by atoms with Gasteiger partial charge in [0, 0.05) is 32.9 Å². The molecule has 1 aromatic rings. The minimum atomic E-state index is -0.986. The zero-order valence-corrected chi connectivity index (χ0v) is 11.6. The number of ether oxygens (including phenoxy) is 1. The maximum Gasteiger partial charge on any atom is 0.335 e. The van der Waals surface area contributed by atoms with Crippen LogP contribution in [-0.2, 0) is 11.2 Å². The van der Waals surface area contributed by atoms with E-state index < -0.39 is 5.97 Å². The molecule has 1 aromatic carbocycles. The highest BCUT2D eigenvalue weighted by Gasteiger charge is 2.27. The van der Waals surface area contributed by atoms with E-state index in [2.05, 4.69) is 0 Å². The minimum absolute atomic E-state index is 0.136. The van der Waals surface area contributed by atoms with Gasteiger partial charge in [-0.3, -0.25) is 4.90 Å². The first kappa shape index (κ1) is 14.3. The molecule has 2 amide bonds. The molecule has 2 rings (SSSR count). The third-order valence-electron chi connectivity index (χ3n) is 3.42. The predicted molar refractivity (Wildman–Crippen MR) is 74.4 cm³/mol. The first-order valence-corrected chi connectivity index (χ1v) is 6.42. The van der Waals surface area contributed by atoms with Crippen molar-refractivity contribution in [2.24, 2.45) is 0 Å². The number of carbonyl (C=O) groups is 2. The van der Waals surface area contributed by atoms with Crippen LogP contribution in [0.3, 0.4) is 0 Å². The number of carboxylic acid groups (broad SMARTS) is 1. The number of carbonyl (C=O) groups excluding carboxylic acids is 1. The standard InChI is InChI=1S/C14H18N2O4/c1-15(7-8-20-2)14(19)16-6-5-10-3-4-11(13(17)18)9-12(10)16/h3-4,9H,5-8H2,1-2H3,(H,17,18). The SMILES string of the molecule is COCCN(C)C(=O)N1CCc2ccc(C(=O)O)cc21. The number of amides is 2. The number of methoxy groups -OCH3 is 1. The molecule has 0 atom stereocenters. The minimum Gasteiger partial charge on any atom is -0.478 e. The lowest BCUT2D eigenvalue weighted by Gasteiger charge is -2.25. The van der Waals surface area contributed by atoms with Gasteiger partial charge in [0.25, 0.3) is 0 Å². The molecule has 0 bridgehead atoms. The molecule has 0 radical (unpaired) electrons. The van der Waals surface area contributed by atoms with Gasteiger partial charge in [-0.15, -0.1) is 0 Å². The Morgan fingerprint density at radius 3 is 2.85 bits per heavy atom. The summed E-state index contributed by atoms with van der Waals surface area (Å²) in [5.74, 6) is -0.986. The van der Waals surface area contributed by atoms with E-state index in [4.69, 9.17) is 9.84 Å². The van der Waals surface area contributed by atoms with Crippen LogP contribution in [-0.4, -0.2) is 55.9 Å². The summed E-state index contributed by atoms with van der Waals surface area (Å²) in [7, 11) is 3.29. The fourth-order valence-electron chi connectivity index (χ4n) is 2.24. The number of hydrogen-bond donors (Lipinski definition) is 1. The Labute approximate surface area is 117 Å². The second-order valence-corrected chi connectivity index (χ2v) is 4.75. The van der Waals surface area contributed by atoms with Crippen LogP contribution in [0.4, 0.5) is 10.5 Å². The smallest absolute Gasteiger partial charge is 0.335 e. The largest absolute Gasteiger partial charge is 0.478 e. The average molecular weight is 278 g/mol. The van der Waals surface area contributed by atoms with Crippen molar-refractivity contribution in [2.45, 2.75) is 6.42 Å². The lowest BCUT2D eigenvalue weighted by molar-refractivity contribution is 0.0697. The average Bonchev–Trinajstić information content (AvgIpc) is 2.86. The number of nitrogens with zero attached hydrogens (tertiary/aromatic N) is 2. The first-order valence-electron chi connectivity index (χ1n) is 6.42. The molecular formula is C14H18N2O4. The van der Waals surface area contributed by atoms with E-state index in [9.17, 15) is 9.59 Å². The second kappa shape index (κ2) is 5.92. The van der Waals surface area contributed by atoms with E-state index in [1.54, 1.807) is 42.2 Å². The summed E-state index contributed by atoms with van der Waals surface area (Å²) in [6.45, 7) is 1.55. The van der Waals surface area contributed by atoms with Gasteiger partial charge < -0.3 is 14.7 Å². The maximum absolute atomic E-state index is 12.3. The Balaban J connectivity index is 2.19. The molecular weight excluding hydrogens is 260 g/mol. The van der Waals surface area contributed by atoms with Gasteiger partial charge >= 0.3 is 12.0 Å². The Morgan fingerprint density at radius 1 is 1.45 bits per heavy atom. The monoisotopic (exact) mass is 278 g/mol. The molecule has 108 valence electrons. The molecule has 6 heteroatoms. The van der Waals surface area contributed by atoms with E-state index >= 15 is 0 Å². The number of aromatic carboxylic acids is 1. The van der Waals surface area contributed by atoms with E-state index in [1.807, 2.05) is 0 Å². The van der Waals surface area contributed by atoms with Gasteiger partial charge in [0.2, 0.25) is 0 Å². The molecule has 6 nitrogen and oxygen atoms in total. The molecule has 20 heavy (non-hydrogen) atoms. The third kappa shape index (κ3) is 2.75. The topological polar surface area (TPSA) is 70.1 Å². The number of urea groups is 1. The summed E-state index contributed by atoms with van der Waals surface area (Å²) >= 11 is 0. The molecule has 0 saturated heterocycles. The quantitative estimate of drug-likeness (QED) is 0.905. The number of benzene rings is 1. The van der Waals surface area contributed by atoms with E-state index in [1.165, 1.54) is 0 Å². The van der Waals surface area contributed by atoms with E-state index in [-0.39, 0.29) is 11.6 Å². The third-order valence-corrected chi connectivity index (χ3v) is 3.42. The van der Waals surface area contributed by atoms with Crippen molar-refractivity contribution in [1.82, 2.24) is 4.90 Å². The fraction of sp³-hybridized carbons (Fsp3) is 0.429. The molecule has 0 saturated carbocycles. The summed E-state index contributed by atoms with van der Waals surface area (Å²) in [4.78, 5) is 26.6. The Bertz CT molecular complexity index is 530. The molecule has 0 fully saturated rings. The summed E-state index contributed by atoms with van der Waals surface area (Å²) in [5, 5.41) is 9.04. The Hall–Kier alpha value is -2.08. The van der Waals surface area contributed by atoms with Crippen LogP contribution in [0, 0.1) is 0 Å². The number of rotatable bonds is 4. The number of anilines is 1. The van der Waals surface area contributed by atoms with Gasteiger partial charge in [0.1, 0.15) is 0 Å². The van der Waals surface area contributed by atoms with Crippen LogP contribution in [0.2, 0.25) is 0 Å². The van der Waals surface area contributed by atoms with Crippen molar-refractivity contribution in [1.29, 1.82) is 0 Å². The number of hydrogen-bond acceptors (Lipinski definition) is 3. The highest BCUT2D eigenvalue weighted by atomic mass is 16.5. The maximum atomic E-state index is 12.3. The van der Waals surface area contributed by atoms with Crippen molar-refractivity contribution in [3.63, 3.8) is 0 Å². The lowest BCUT2D eigenvalue weighted by atomic mass is 10.1. The predicted octanol–water partition coefficient (Wildman–Crippen LogP) is 1.45. The normalized spacial score (nSPS) is 13.2. The van der Waals surface area contributed by atoms with Crippen molar-refractivity contribution >= 4 is 17.7 Å². The molecule has 1 heterocycles. The van der Waals surface area contributed by atoms with E-state index in [0.717, 1.165) is 12.0 Å². The van der Waals surface area contributed by atoms with Crippen LogP contribution < -0.4 is 4.90 Å². The summed E-state index contributed by atoms with van der Waals surface area (Å²) in [6, 6.07) is 4.78.